The number of fused-ring (bicyclic) bond motifs is 1. The van der Waals surface area contributed by atoms with Gasteiger partial charge >= 0.3 is 0 Å². The summed E-state index contributed by atoms with van der Waals surface area (Å²) in [5.74, 6) is -0.310. The molecule has 0 atom stereocenters. The fourth-order valence-electron chi connectivity index (χ4n) is 2.30. The van der Waals surface area contributed by atoms with Crippen LogP contribution >= 0.6 is 11.6 Å². The Morgan fingerprint density at radius 1 is 1.16 bits per heavy atom. The SMILES string of the molecule is O=C1Cc2cc(F)ccc2N1Cc1ccc(Cl)cc1. The van der Waals surface area contributed by atoms with Crippen molar-refractivity contribution in [3.05, 3.63) is 64.4 Å². The molecule has 19 heavy (non-hydrogen) atoms. The lowest BCUT2D eigenvalue weighted by Gasteiger charge is -2.17. The number of carbonyl (C=O) groups is 1. The lowest BCUT2D eigenvalue weighted by molar-refractivity contribution is -0.117. The molecule has 1 amide bonds. The topological polar surface area (TPSA) is 20.3 Å². The molecule has 0 radical (unpaired) electrons. The zero-order valence-corrected chi connectivity index (χ0v) is 10.8. The lowest BCUT2D eigenvalue weighted by atomic mass is 10.1. The first kappa shape index (κ1) is 12.2. The van der Waals surface area contributed by atoms with Crippen molar-refractivity contribution in [3.63, 3.8) is 0 Å². The number of rotatable bonds is 2. The van der Waals surface area contributed by atoms with Crippen LogP contribution in [0.4, 0.5) is 10.1 Å². The zero-order chi connectivity index (χ0) is 13.4. The van der Waals surface area contributed by atoms with E-state index >= 15 is 0 Å². The number of nitrogens with zero attached hydrogens (tertiary/aromatic N) is 1. The van der Waals surface area contributed by atoms with Crippen LogP contribution in [0.5, 0.6) is 0 Å². The summed E-state index contributed by atoms with van der Waals surface area (Å²) in [6.07, 6.45) is 0.265. The van der Waals surface area contributed by atoms with E-state index in [2.05, 4.69) is 0 Å². The Morgan fingerprint density at radius 2 is 1.89 bits per heavy atom. The lowest BCUT2D eigenvalue weighted by Crippen LogP contribution is -2.25. The predicted octanol–water partition coefficient (Wildman–Crippen LogP) is 3.57. The van der Waals surface area contributed by atoms with Crippen LogP contribution < -0.4 is 4.90 Å². The molecule has 2 nitrogen and oxygen atoms in total. The van der Waals surface area contributed by atoms with Gasteiger partial charge < -0.3 is 4.90 Å². The van der Waals surface area contributed by atoms with Crippen LogP contribution in [-0.4, -0.2) is 5.91 Å². The molecule has 0 bridgehead atoms. The average Bonchev–Trinajstić information content (AvgIpc) is 2.68. The van der Waals surface area contributed by atoms with E-state index in [1.54, 1.807) is 23.1 Å². The van der Waals surface area contributed by atoms with Gasteiger partial charge in [0.05, 0.1) is 13.0 Å². The van der Waals surface area contributed by atoms with E-state index < -0.39 is 0 Å². The number of carbonyl (C=O) groups excluding carboxylic acids is 1. The fourth-order valence-corrected chi connectivity index (χ4v) is 2.42. The highest BCUT2D eigenvalue weighted by Crippen LogP contribution is 2.30. The smallest absolute Gasteiger partial charge is 0.231 e. The molecule has 2 aromatic rings. The first-order valence-electron chi connectivity index (χ1n) is 5.97. The number of amides is 1. The van der Waals surface area contributed by atoms with Gasteiger partial charge in [0.15, 0.2) is 0 Å². The van der Waals surface area contributed by atoms with E-state index in [0.29, 0.717) is 11.6 Å². The van der Waals surface area contributed by atoms with Crippen LogP contribution in [0, 0.1) is 5.82 Å². The number of hydrogen-bond donors (Lipinski definition) is 0. The fraction of sp³-hybridized carbons (Fsp3) is 0.133. The highest BCUT2D eigenvalue weighted by molar-refractivity contribution is 6.30. The number of hydrogen-bond acceptors (Lipinski definition) is 1. The van der Waals surface area contributed by atoms with Crippen molar-refractivity contribution in [2.24, 2.45) is 0 Å². The van der Waals surface area contributed by atoms with Gasteiger partial charge in [0.25, 0.3) is 0 Å². The minimum absolute atomic E-state index is 0.00412. The molecular formula is C15H11ClFNO. The summed E-state index contributed by atoms with van der Waals surface area (Å²) in [6, 6.07) is 11.8. The molecule has 0 saturated carbocycles. The van der Waals surface area contributed by atoms with Crippen LogP contribution in [0.15, 0.2) is 42.5 Å². The first-order chi connectivity index (χ1) is 9.13. The molecule has 0 unspecified atom stereocenters. The van der Waals surface area contributed by atoms with E-state index in [1.165, 1.54) is 12.1 Å². The normalized spacial score (nSPS) is 13.8. The maximum atomic E-state index is 13.1. The maximum absolute atomic E-state index is 13.1. The Hall–Kier alpha value is -1.87. The molecule has 0 N–H and O–H groups in total. The third-order valence-corrected chi connectivity index (χ3v) is 3.48. The molecule has 0 aromatic heterocycles. The van der Waals surface area contributed by atoms with E-state index in [4.69, 9.17) is 11.6 Å². The number of anilines is 1. The van der Waals surface area contributed by atoms with Gasteiger partial charge in [-0.2, -0.15) is 0 Å². The van der Waals surface area contributed by atoms with Gasteiger partial charge in [0, 0.05) is 10.7 Å². The Kier molecular flexibility index (Phi) is 2.99. The van der Waals surface area contributed by atoms with Crippen molar-refractivity contribution in [1.29, 1.82) is 0 Å². The molecule has 1 aliphatic heterocycles. The average molecular weight is 276 g/mol. The van der Waals surface area contributed by atoms with Gasteiger partial charge in [0.1, 0.15) is 5.82 Å². The van der Waals surface area contributed by atoms with E-state index in [9.17, 15) is 9.18 Å². The number of halogens is 2. The van der Waals surface area contributed by atoms with Crippen LogP contribution in [-0.2, 0) is 17.8 Å². The molecule has 0 saturated heterocycles. The largest absolute Gasteiger partial charge is 0.307 e. The molecule has 2 aromatic carbocycles. The summed E-state index contributed by atoms with van der Waals surface area (Å²) in [5, 5.41) is 0.666. The van der Waals surface area contributed by atoms with Gasteiger partial charge in [-0.1, -0.05) is 23.7 Å². The summed E-state index contributed by atoms with van der Waals surface area (Å²) < 4.78 is 13.1. The molecule has 0 aliphatic carbocycles. The van der Waals surface area contributed by atoms with Crippen molar-refractivity contribution in [2.45, 2.75) is 13.0 Å². The van der Waals surface area contributed by atoms with Crippen molar-refractivity contribution in [1.82, 2.24) is 0 Å². The second-order valence-corrected chi connectivity index (χ2v) is 4.99. The van der Waals surface area contributed by atoms with Crippen LogP contribution in [0.25, 0.3) is 0 Å². The minimum atomic E-state index is -0.306. The van der Waals surface area contributed by atoms with E-state index in [1.807, 2.05) is 12.1 Å². The third kappa shape index (κ3) is 2.34. The Labute approximate surface area is 115 Å². The summed E-state index contributed by atoms with van der Waals surface area (Å²) in [5.41, 5.74) is 2.54. The van der Waals surface area contributed by atoms with Crippen molar-refractivity contribution in [2.75, 3.05) is 4.90 Å². The van der Waals surface area contributed by atoms with Gasteiger partial charge in [-0.3, -0.25) is 4.79 Å². The summed E-state index contributed by atoms with van der Waals surface area (Å²) >= 11 is 5.83. The van der Waals surface area contributed by atoms with E-state index in [-0.39, 0.29) is 18.1 Å². The molecule has 1 aliphatic rings. The number of benzene rings is 2. The van der Waals surface area contributed by atoms with Crippen LogP contribution in [0.2, 0.25) is 5.02 Å². The molecule has 3 rings (SSSR count). The Bertz CT molecular complexity index is 639. The maximum Gasteiger partial charge on any atom is 0.231 e. The monoisotopic (exact) mass is 275 g/mol. The highest BCUT2D eigenvalue weighted by Gasteiger charge is 2.27. The van der Waals surface area contributed by atoms with Crippen LogP contribution in [0.3, 0.4) is 0 Å². The van der Waals surface area contributed by atoms with Gasteiger partial charge in [-0.05, 0) is 41.5 Å². The molecule has 4 heteroatoms. The van der Waals surface area contributed by atoms with Crippen molar-refractivity contribution in [3.8, 4) is 0 Å². The van der Waals surface area contributed by atoms with Crippen LogP contribution in [0.1, 0.15) is 11.1 Å². The van der Waals surface area contributed by atoms with Gasteiger partial charge in [-0.15, -0.1) is 0 Å². The second-order valence-electron chi connectivity index (χ2n) is 4.56. The zero-order valence-electron chi connectivity index (χ0n) is 10.1. The Morgan fingerprint density at radius 3 is 2.63 bits per heavy atom. The van der Waals surface area contributed by atoms with Gasteiger partial charge in [-0.25, -0.2) is 4.39 Å². The van der Waals surface area contributed by atoms with Crippen molar-refractivity contribution < 1.29 is 9.18 Å². The summed E-state index contributed by atoms with van der Waals surface area (Å²) in [4.78, 5) is 13.7. The molecule has 96 valence electrons. The minimum Gasteiger partial charge on any atom is -0.307 e. The summed E-state index contributed by atoms with van der Waals surface area (Å²) in [7, 11) is 0. The third-order valence-electron chi connectivity index (χ3n) is 3.23. The summed E-state index contributed by atoms with van der Waals surface area (Å²) in [6.45, 7) is 0.481. The van der Waals surface area contributed by atoms with E-state index in [0.717, 1.165) is 16.8 Å². The first-order valence-corrected chi connectivity index (χ1v) is 6.34. The second kappa shape index (κ2) is 4.67. The molecule has 1 heterocycles. The molecular weight excluding hydrogens is 265 g/mol. The Balaban J connectivity index is 1.90. The quantitative estimate of drug-likeness (QED) is 0.820. The molecule has 0 fully saturated rings. The van der Waals surface area contributed by atoms with Crippen molar-refractivity contribution >= 4 is 23.2 Å². The predicted molar refractivity (Wildman–Crippen MR) is 72.7 cm³/mol. The highest BCUT2D eigenvalue weighted by atomic mass is 35.5. The van der Waals surface area contributed by atoms with Gasteiger partial charge in [0.2, 0.25) is 5.91 Å². The standard InChI is InChI=1S/C15H11ClFNO/c16-12-3-1-10(2-4-12)9-18-14-6-5-13(17)7-11(14)8-15(18)19/h1-7H,8-9H2. The molecule has 0 spiro atoms.